The van der Waals surface area contributed by atoms with Gasteiger partial charge in [-0.25, -0.2) is 0 Å². The zero-order chi connectivity index (χ0) is 37.0. The Bertz CT molecular complexity index is 669. The van der Waals surface area contributed by atoms with E-state index in [9.17, 15) is 4.79 Å². The molecule has 0 aliphatic heterocycles. The number of ether oxygens (including phenoxy) is 1. The SMILES string of the molecule is CCCCCCCC/C=C\CCCCCCCC(=O)OCCCCCCCCCCCCCCCCCCCCCCCCCCCC(C)CC. The molecule has 0 aliphatic rings. The standard InChI is InChI=1S/C49H96O2/c1-4-6-7-8-9-10-11-12-24-28-31-34-37-40-43-46-49(50)51-47-44-41-38-35-32-29-26-23-21-19-17-15-13-14-16-18-20-22-25-27-30-33-36-39-42-45-48(3)5-2/h12,24,48H,4-11,13-23,25-47H2,1-3H3/b24-12-. The van der Waals surface area contributed by atoms with Gasteiger partial charge in [0, 0.05) is 6.42 Å². The highest BCUT2D eigenvalue weighted by atomic mass is 16.5. The molecule has 0 N–H and O–H groups in total. The molecule has 0 aromatic rings. The molecule has 51 heavy (non-hydrogen) atoms. The lowest BCUT2D eigenvalue weighted by Crippen LogP contribution is -2.05. The molecule has 0 aliphatic carbocycles. The van der Waals surface area contributed by atoms with Crippen molar-refractivity contribution in [2.24, 2.45) is 5.92 Å². The predicted molar refractivity (Wildman–Crippen MR) is 230 cm³/mol. The quantitative estimate of drug-likeness (QED) is 0.0356. The van der Waals surface area contributed by atoms with E-state index < -0.39 is 0 Å². The number of carbonyl (C=O) groups is 1. The van der Waals surface area contributed by atoms with Gasteiger partial charge in [-0.15, -0.1) is 0 Å². The van der Waals surface area contributed by atoms with Gasteiger partial charge in [0.25, 0.3) is 0 Å². The van der Waals surface area contributed by atoms with Crippen LogP contribution in [0.3, 0.4) is 0 Å². The normalized spacial score (nSPS) is 12.3. The van der Waals surface area contributed by atoms with Crippen LogP contribution < -0.4 is 0 Å². The number of hydrogen-bond acceptors (Lipinski definition) is 2. The first-order valence-corrected chi connectivity index (χ1v) is 24.0. The molecule has 0 radical (unpaired) electrons. The number of unbranched alkanes of at least 4 members (excludes halogenated alkanes) is 35. The Morgan fingerprint density at radius 1 is 0.412 bits per heavy atom. The Morgan fingerprint density at radius 3 is 1.10 bits per heavy atom. The molecule has 0 aromatic heterocycles. The first kappa shape index (κ1) is 50.2. The van der Waals surface area contributed by atoms with Crippen LogP contribution >= 0.6 is 0 Å². The highest BCUT2D eigenvalue weighted by Crippen LogP contribution is 2.18. The van der Waals surface area contributed by atoms with Gasteiger partial charge in [0.15, 0.2) is 0 Å². The summed E-state index contributed by atoms with van der Waals surface area (Å²) in [7, 11) is 0. The van der Waals surface area contributed by atoms with Gasteiger partial charge in [-0.1, -0.05) is 251 Å². The summed E-state index contributed by atoms with van der Waals surface area (Å²) in [5.74, 6) is 0.958. The second-order valence-electron chi connectivity index (χ2n) is 16.7. The maximum absolute atomic E-state index is 12.0. The van der Waals surface area contributed by atoms with E-state index in [1.807, 2.05) is 0 Å². The molecule has 0 saturated carbocycles. The summed E-state index contributed by atoms with van der Waals surface area (Å²) in [5, 5.41) is 0. The average Bonchev–Trinajstić information content (AvgIpc) is 3.14. The monoisotopic (exact) mass is 717 g/mol. The van der Waals surface area contributed by atoms with E-state index in [4.69, 9.17) is 4.74 Å². The zero-order valence-electron chi connectivity index (χ0n) is 35.7. The van der Waals surface area contributed by atoms with E-state index in [-0.39, 0.29) is 5.97 Å². The molecule has 0 amide bonds. The fourth-order valence-electron chi connectivity index (χ4n) is 7.46. The van der Waals surface area contributed by atoms with Gasteiger partial charge in [0.05, 0.1) is 6.61 Å². The van der Waals surface area contributed by atoms with Crippen LogP contribution in [0.2, 0.25) is 0 Å². The van der Waals surface area contributed by atoms with Crippen molar-refractivity contribution in [2.75, 3.05) is 6.61 Å². The molecule has 0 spiro atoms. The molecular weight excluding hydrogens is 621 g/mol. The Morgan fingerprint density at radius 2 is 0.725 bits per heavy atom. The lowest BCUT2D eigenvalue weighted by molar-refractivity contribution is -0.143. The van der Waals surface area contributed by atoms with Crippen molar-refractivity contribution < 1.29 is 9.53 Å². The molecule has 0 fully saturated rings. The zero-order valence-corrected chi connectivity index (χ0v) is 35.7. The highest BCUT2D eigenvalue weighted by Gasteiger charge is 2.03. The third-order valence-corrected chi connectivity index (χ3v) is 11.4. The second-order valence-corrected chi connectivity index (χ2v) is 16.7. The number of carbonyl (C=O) groups excluding carboxylic acids is 1. The molecule has 0 bridgehead atoms. The summed E-state index contributed by atoms with van der Waals surface area (Å²) in [4.78, 5) is 12.0. The van der Waals surface area contributed by atoms with Crippen LogP contribution in [0.25, 0.3) is 0 Å². The van der Waals surface area contributed by atoms with Crippen molar-refractivity contribution >= 4 is 5.97 Å². The lowest BCUT2D eigenvalue weighted by Gasteiger charge is -2.07. The van der Waals surface area contributed by atoms with Crippen LogP contribution in [0.5, 0.6) is 0 Å². The number of allylic oxidation sites excluding steroid dienone is 2. The molecule has 304 valence electrons. The van der Waals surface area contributed by atoms with Crippen molar-refractivity contribution in [3.63, 3.8) is 0 Å². The third kappa shape index (κ3) is 45.3. The fourth-order valence-corrected chi connectivity index (χ4v) is 7.46. The average molecular weight is 717 g/mol. The Balaban J connectivity index is 3.16. The van der Waals surface area contributed by atoms with Gasteiger partial charge in [-0.05, 0) is 44.4 Å². The number of rotatable bonds is 44. The van der Waals surface area contributed by atoms with Crippen molar-refractivity contribution in [1.82, 2.24) is 0 Å². The van der Waals surface area contributed by atoms with E-state index in [1.165, 1.54) is 238 Å². The van der Waals surface area contributed by atoms with Crippen LogP contribution in [0.1, 0.15) is 284 Å². The summed E-state index contributed by atoms with van der Waals surface area (Å²) in [5.41, 5.74) is 0. The molecule has 1 unspecified atom stereocenters. The minimum absolute atomic E-state index is 0.0208. The fraction of sp³-hybridized carbons (Fsp3) is 0.939. The molecule has 1 atom stereocenters. The second kappa shape index (κ2) is 45.4. The minimum atomic E-state index is 0.0208. The molecule has 0 aromatic carbocycles. The van der Waals surface area contributed by atoms with Crippen LogP contribution in [0.15, 0.2) is 12.2 Å². The van der Waals surface area contributed by atoms with Gasteiger partial charge in [0.2, 0.25) is 0 Å². The Kier molecular flexibility index (Phi) is 44.7. The number of hydrogen-bond donors (Lipinski definition) is 0. The van der Waals surface area contributed by atoms with E-state index in [0.29, 0.717) is 13.0 Å². The number of esters is 1. The van der Waals surface area contributed by atoms with Crippen molar-refractivity contribution in [2.45, 2.75) is 284 Å². The van der Waals surface area contributed by atoms with E-state index in [1.54, 1.807) is 0 Å². The van der Waals surface area contributed by atoms with Crippen molar-refractivity contribution in [1.29, 1.82) is 0 Å². The first-order chi connectivity index (χ1) is 25.2. The van der Waals surface area contributed by atoms with Crippen molar-refractivity contribution in [3.05, 3.63) is 12.2 Å². The Labute approximate surface area is 323 Å². The third-order valence-electron chi connectivity index (χ3n) is 11.4. The lowest BCUT2D eigenvalue weighted by atomic mass is 9.99. The molecular formula is C49H96O2. The summed E-state index contributed by atoms with van der Waals surface area (Å²) in [6.45, 7) is 7.63. The molecule has 2 nitrogen and oxygen atoms in total. The largest absolute Gasteiger partial charge is 0.466 e. The van der Waals surface area contributed by atoms with Crippen LogP contribution in [0.4, 0.5) is 0 Å². The molecule has 2 heteroatoms. The van der Waals surface area contributed by atoms with Crippen molar-refractivity contribution in [3.8, 4) is 0 Å². The first-order valence-electron chi connectivity index (χ1n) is 24.0. The summed E-state index contributed by atoms with van der Waals surface area (Å²) in [6, 6.07) is 0. The minimum Gasteiger partial charge on any atom is -0.466 e. The maximum Gasteiger partial charge on any atom is 0.305 e. The smallest absolute Gasteiger partial charge is 0.305 e. The topological polar surface area (TPSA) is 26.3 Å². The predicted octanol–water partition coefficient (Wildman–Crippen LogP) is 17.8. The van der Waals surface area contributed by atoms with Crippen LogP contribution in [-0.4, -0.2) is 12.6 Å². The van der Waals surface area contributed by atoms with E-state index >= 15 is 0 Å². The molecule has 0 saturated heterocycles. The van der Waals surface area contributed by atoms with Gasteiger partial charge < -0.3 is 4.74 Å². The molecule has 0 rings (SSSR count). The van der Waals surface area contributed by atoms with E-state index in [0.717, 1.165) is 25.2 Å². The summed E-state index contributed by atoms with van der Waals surface area (Å²) >= 11 is 0. The summed E-state index contributed by atoms with van der Waals surface area (Å²) < 4.78 is 5.47. The van der Waals surface area contributed by atoms with Crippen LogP contribution in [-0.2, 0) is 9.53 Å². The van der Waals surface area contributed by atoms with Crippen LogP contribution in [0, 0.1) is 5.92 Å². The van der Waals surface area contributed by atoms with Gasteiger partial charge in [-0.2, -0.15) is 0 Å². The van der Waals surface area contributed by atoms with Gasteiger partial charge in [-0.3, -0.25) is 4.79 Å². The Hall–Kier alpha value is -0.790. The van der Waals surface area contributed by atoms with Gasteiger partial charge >= 0.3 is 5.97 Å². The van der Waals surface area contributed by atoms with E-state index in [2.05, 4.69) is 32.9 Å². The molecule has 0 heterocycles. The van der Waals surface area contributed by atoms with Gasteiger partial charge in [0.1, 0.15) is 0 Å². The highest BCUT2D eigenvalue weighted by molar-refractivity contribution is 5.69. The maximum atomic E-state index is 12.0. The summed E-state index contributed by atoms with van der Waals surface area (Å²) in [6.07, 6.45) is 60.4.